The number of likely N-dealkylation sites (tertiary alicyclic amines) is 2. The number of rotatable bonds is 17. The van der Waals surface area contributed by atoms with E-state index in [4.69, 9.17) is 33.2 Å². The summed E-state index contributed by atoms with van der Waals surface area (Å²) in [6, 6.07) is 25.5. The highest BCUT2D eigenvalue weighted by Crippen LogP contribution is 2.34. The van der Waals surface area contributed by atoms with Crippen molar-refractivity contribution in [3.05, 3.63) is 139 Å². The Hall–Kier alpha value is -8.14. The summed E-state index contributed by atoms with van der Waals surface area (Å²) >= 11 is 0. The number of amides is 3. The smallest absolute Gasteiger partial charge is 0.410 e. The van der Waals surface area contributed by atoms with Gasteiger partial charge in [0.25, 0.3) is 17.0 Å². The van der Waals surface area contributed by atoms with Crippen LogP contribution in [0.3, 0.4) is 0 Å². The van der Waals surface area contributed by atoms with E-state index in [9.17, 15) is 33.9 Å². The molecule has 2 fully saturated rings. The van der Waals surface area contributed by atoms with Crippen LogP contribution in [0.2, 0.25) is 0 Å². The van der Waals surface area contributed by atoms with Crippen molar-refractivity contribution in [1.82, 2.24) is 34.1 Å². The highest BCUT2D eigenvalue weighted by molar-refractivity contribution is 6.06. The summed E-state index contributed by atoms with van der Waals surface area (Å²) in [6.45, 7) is 24.0. The molecule has 6 heterocycles. The minimum Gasteiger partial charge on any atom is -0.486 e. The number of methoxy groups -OCH3 is 1. The fourth-order valence-electron chi connectivity index (χ4n) is 11.7. The van der Waals surface area contributed by atoms with Crippen LogP contribution in [0.15, 0.2) is 94.5 Å². The number of hydrogen-bond acceptors (Lipinski definition) is 15. The van der Waals surface area contributed by atoms with E-state index in [0.29, 0.717) is 118 Å². The minimum atomic E-state index is -1.11. The number of carboxylic acid groups (broad SMARTS) is 1. The number of carboxylic acids is 1. The minimum absolute atomic E-state index is 0.00130. The monoisotopic (exact) mass is 1210 g/mol. The van der Waals surface area contributed by atoms with E-state index in [2.05, 4.69) is 15.1 Å². The van der Waals surface area contributed by atoms with Gasteiger partial charge in [-0.25, -0.2) is 14.4 Å². The first-order chi connectivity index (χ1) is 42.0. The van der Waals surface area contributed by atoms with Gasteiger partial charge in [0.1, 0.15) is 37.6 Å². The number of aromatic nitrogens is 2. The topological polar surface area (TPSA) is 222 Å². The summed E-state index contributed by atoms with van der Waals surface area (Å²) in [4.78, 5) is 86.0. The lowest BCUT2D eigenvalue weighted by Gasteiger charge is -2.39. The molecule has 21 heteroatoms. The Morgan fingerprint density at radius 3 is 1.38 bits per heavy atom. The first kappa shape index (κ1) is 64.3. The molecule has 0 aliphatic carbocycles. The number of carbonyl (C=O) groups excluding carboxylic acids is 3. The van der Waals surface area contributed by atoms with Gasteiger partial charge in [-0.2, -0.15) is 0 Å². The van der Waals surface area contributed by atoms with E-state index >= 15 is 0 Å². The van der Waals surface area contributed by atoms with E-state index in [-0.39, 0.29) is 46.9 Å². The van der Waals surface area contributed by atoms with Gasteiger partial charge in [-0.1, -0.05) is 36.4 Å². The van der Waals surface area contributed by atoms with Crippen molar-refractivity contribution >= 4 is 45.9 Å². The van der Waals surface area contributed by atoms with Crippen LogP contribution in [-0.2, 0) is 40.4 Å². The normalized spacial score (nSPS) is 15.7. The van der Waals surface area contributed by atoms with E-state index in [1.54, 1.807) is 22.3 Å². The Bertz CT molecular complexity index is 3610. The largest absolute Gasteiger partial charge is 0.486 e. The third-order valence-corrected chi connectivity index (χ3v) is 16.1. The molecule has 6 aromatic rings. The van der Waals surface area contributed by atoms with Gasteiger partial charge < -0.3 is 72.3 Å². The summed E-state index contributed by atoms with van der Waals surface area (Å²) in [5.41, 5.74) is 3.87. The summed E-state index contributed by atoms with van der Waals surface area (Å²) in [7, 11) is 1.58. The van der Waals surface area contributed by atoms with Crippen LogP contribution in [0.25, 0.3) is 21.8 Å². The molecule has 0 saturated carbocycles. The lowest BCUT2D eigenvalue weighted by atomic mass is 10.0. The van der Waals surface area contributed by atoms with Crippen molar-refractivity contribution in [2.45, 2.75) is 131 Å². The van der Waals surface area contributed by atoms with E-state index in [1.807, 2.05) is 132 Å². The number of ether oxygens (including phenoxy) is 7. The number of fused-ring (bicyclic) bond motifs is 4. The molecule has 472 valence electrons. The molecule has 88 heavy (non-hydrogen) atoms. The van der Waals surface area contributed by atoms with Gasteiger partial charge in [0.05, 0.1) is 28.8 Å². The summed E-state index contributed by atoms with van der Waals surface area (Å²) < 4.78 is 42.9. The number of piperidine rings is 2. The molecule has 0 unspecified atom stereocenters. The molecule has 3 amide bonds. The molecule has 2 N–H and O–H groups in total. The predicted molar refractivity (Wildman–Crippen MR) is 334 cm³/mol. The number of nitrogens with zero attached hydrogens (tertiary/aromatic N) is 6. The lowest BCUT2D eigenvalue weighted by molar-refractivity contribution is 0.00468. The molecule has 4 aromatic carbocycles. The number of benzene rings is 4. The Balaban J connectivity index is 0.000000210. The van der Waals surface area contributed by atoms with Gasteiger partial charge in [0, 0.05) is 114 Å². The van der Waals surface area contributed by atoms with Gasteiger partial charge in [0.15, 0.2) is 23.0 Å². The fraction of sp³-hybridized carbons (Fsp3) is 0.493. The summed E-state index contributed by atoms with van der Waals surface area (Å²) in [5.74, 6) is 1.41. The second-order valence-corrected chi connectivity index (χ2v) is 25.0. The molecule has 21 nitrogen and oxygen atoms in total. The van der Waals surface area contributed by atoms with Crippen molar-refractivity contribution in [3.63, 3.8) is 0 Å². The summed E-state index contributed by atoms with van der Waals surface area (Å²) in [6.07, 6.45) is 2.40. The quantitative estimate of drug-likeness (QED) is 0.0813. The predicted octanol–water partition coefficient (Wildman–Crippen LogP) is 9.04. The molecular formula is C67H85N7O14. The molecule has 4 aliphatic heterocycles. The number of aryl methyl sites for hydroxylation is 2. The lowest BCUT2D eigenvalue weighted by Crippen LogP contribution is -2.49. The number of pyridine rings is 2. The van der Waals surface area contributed by atoms with Crippen molar-refractivity contribution in [3.8, 4) is 23.0 Å². The molecule has 0 atom stereocenters. The Kier molecular flexibility index (Phi) is 20.7. The molecule has 2 saturated heterocycles. The summed E-state index contributed by atoms with van der Waals surface area (Å²) in [5, 5.41) is 13.7. The third-order valence-electron chi connectivity index (χ3n) is 16.1. The molecule has 10 rings (SSSR count). The highest BCUT2D eigenvalue weighted by atomic mass is 16.6. The van der Waals surface area contributed by atoms with Gasteiger partial charge in [-0.05, 0) is 140 Å². The second-order valence-electron chi connectivity index (χ2n) is 25.0. The van der Waals surface area contributed by atoms with Crippen molar-refractivity contribution in [2.24, 2.45) is 0 Å². The zero-order valence-corrected chi connectivity index (χ0v) is 52.3. The first-order valence-electron chi connectivity index (χ1n) is 30.5. The fourth-order valence-corrected chi connectivity index (χ4v) is 11.7. The number of hydrogen-bond donors (Lipinski definition) is 2. The van der Waals surface area contributed by atoms with Gasteiger partial charge >= 0.3 is 18.2 Å². The Labute approximate surface area is 513 Å². The van der Waals surface area contributed by atoms with E-state index < -0.39 is 17.2 Å². The van der Waals surface area contributed by atoms with Crippen LogP contribution in [0, 0.1) is 13.8 Å². The molecule has 0 radical (unpaired) electrons. The Morgan fingerprint density at radius 2 is 0.966 bits per heavy atom. The van der Waals surface area contributed by atoms with Crippen LogP contribution in [0.4, 0.5) is 9.59 Å². The van der Waals surface area contributed by atoms with Crippen LogP contribution in [0.1, 0.15) is 110 Å². The molecule has 0 bridgehead atoms. The molecule has 2 aromatic heterocycles. The molecular weight excluding hydrogens is 1130 g/mol. The van der Waals surface area contributed by atoms with E-state index in [0.717, 1.165) is 85.0 Å². The van der Waals surface area contributed by atoms with Crippen LogP contribution in [-0.4, -0.2) is 167 Å². The highest BCUT2D eigenvalue weighted by Gasteiger charge is 2.34. The number of nitrogens with one attached hydrogen (secondary N) is 1. The van der Waals surface area contributed by atoms with Gasteiger partial charge in [-0.3, -0.25) is 14.4 Å². The van der Waals surface area contributed by atoms with Crippen LogP contribution >= 0.6 is 0 Å². The second kappa shape index (κ2) is 28.3. The van der Waals surface area contributed by atoms with E-state index in [1.165, 1.54) is 12.1 Å². The maximum atomic E-state index is 13.4. The number of aromatic carboxylic acids is 1. The third kappa shape index (κ3) is 16.5. The number of carbonyl (C=O) groups is 4. The maximum Gasteiger partial charge on any atom is 0.410 e. The Morgan fingerprint density at radius 1 is 0.557 bits per heavy atom. The average Bonchev–Trinajstić information content (AvgIpc) is 1.08. The first-order valence-corrected chi connectivity index (χ1v) is 30.5. The van der Waals surface area contributed by atoms with Crippen molar-refractivity contribution in [2.75, 3.05) is 86.0 Å². The van der Waals surface area contributed by atoms with Gasteiger partial charge in [0.2, 0.25) is 0 Å². The van der Waals surface area contributed by atoms with Crippen molar-refractivity contribution in [1.29, 1.82) is 0 Å². The van der Waals surface area contributed by atoms with Gasteiger partial charge in [-0.15, -0.1) is 0 Å². The average molecular weight is 1210 g/mol. The standard InChI is InChI=1S/C35H46N4O7.C32H39N3O7/c1-24-6-8-27-28(33(41)36-12-17-43-5)22-32(40)38(29(27)20-24)16-15-37-13-10-26(11-14-37)39(34(42)46-35(2,3)4)23-25-7-9-30-31(21-25)45-19-18-44-30;1-21-5-7-24-25(30(37)38)19-29(36)34(26(24)17-21)14-13-33-11-9-23(10-12-33)35(31(39)42-32(2,3)4)20-22-6-8-27-28(18-22)41-16-15-40-27/h6-9,20-22,26H,10-19,23H2,1-5H3,(H,36,41);5-8,17-19,23H,9-16,20H2,1-4H3,(H,37,38). The molecule has 0 spiro atoms. The van der Waals surface area contributed by atoms with Crippen LogP contribution < -0.4 is 35.4 Å². The van der Waals surface area contributed by atoms with Crippen LogP contribution in [0.5, 0.6) is 23.0 Å². The molecule has 4 aliphatic rings. The zero-order valence-electron chi connectivity index (χ0n) is 52.3. The zero-order chi connectivity index (χ0) is 62.9. The van der Waals surface area contributed by atoms with Crippen molar-refractivity contribution < 1.29 is 57.4 Å². The maximum absolute atomic E-state index is 13.4. The SMILES string of the molecule is COCCNC(=O)c1cc(=O)n(CCN2CCC(N(Cc3ccc4c(c3)OCCO4)C(=O)OC(C)(C)C)CC2)c2cc(C)ccc12.Cc1ccc2c(C(=O)O)cc(=O)n(CCN3CCC(N(Cc4ccc5c(c4)OCCO5)C(=O)OC(C)(C)C)CC3)c2c1.